The van der Waals surface area contributed by atoms with Crippen LogP contribution in [0, 0.1) is 16.0 Å². The van der Waals surface area contributed by atoms with E-state index in [9.17, 15) is 15.2 Å². The molecule has 6 heteroatoms. The molecule has 1 aromatic heterocycles. The van der Waals surface area contributed by atoms with Gasteiger partial charge in [0.1, 0.15) is 10.7 Å². The van der Waals surface area contributed by atoms with E-state index in [0.717, 1.165) is 0 Å². The molecule has 0 radical (unpaired) electrons. The monoisotopic (exact) mass is 228 g/mol. The summed E-state index contributed by atoms with van der Waals surface area (Å²) in [5, 5.41) is 22.8. The third-order valence-corrected chi connectivity index (χ3v) is 2.25. The molecule has 16 heavy (non-hydrogen) atoms. The number of nitrogens with zero attached hydrogens (tertiary/aromatic N) is 1. The molecule has 6 nitrogen and oxygen atoms in total. The average Bonchev–Trinajstić information content (AvgIpc) is 2.66. The number of hydrogen-bond acceptors (Lipinski definition) is 5. The Bertz CT molecular complexity index is 348. The van der Waals surface area contributed by atoms with Gasteiger partial charge >= 0.3 is 5.88 Å². The lowest BCUT2D eigenvalue weighted by molar-refractivity contribution is -0.402. The SMILES string of the molecule is CC(C)C(O)CNCc1ccc([N+](=O)[O-])o1. The summed E-state index contributed by atoms with van der Waals surface area (Å²) in [6.45, 7) is 4.65. The second-order valence-corrected chi connectivity index (χ2v) is 3.94. The summed E-state index contributed by atoms with van der Waals surface area (Å²) in [6.07, 6.45) is -0.426. The van der Waals surface area contributed by atoms with Crippen molar-refractivity contribution in [3.8, 4) is 0 Å². The number of aliphatic hydroxyl groups excluding tert-OH is 1. The van der Waals surface area contributed by atoms with Gasteiger partial charge in [-0.3, -0.25) is 10.1 Å². The smallest absolute Gasteiger partial charge is 0.404 e. The van der Waals surface area contributed by atoms with E-state index in [4.69, 9.17) is 4.42 Å². The van der Waals surface area contributed by atoms with Crippen molar-refractivity contribution in [3.63, 3.8) is 0 Å². The number of aliphatic hydroxyl groups is 1. The maximum atomic E-state index is 10.3. The quantitative estimate of drug-likeness (QED) is 0.565. The summed E-state index contributed by atoms with van der Waals surface area (Å²) in [6, 6.07) is 2.86. The van der Waals surface area contributed by atoms with Crippen molar-refractivity contribution >= 4 is 5.88 Å². The maximum absolute atomic E-state index is 10.3. The second-order valence-electron chi connectivity index (χ2n) is 3.94. The molecule has 0 aliphatic carbocycles. The highest BCUT2D eigenvalue weighted by atomic mass is 16.6. The molecule has 2 N–H and O–H groups in total. The molecule has 0 saturated carbocycles. The lowest BCUT2D eigenvalue weighted by Crippen LogP contribution is -2.30. The fourth-order valence-corrected chi connectivity index (χ4v) is 1.14. The molecule has 0 amide bonds. The van der Waals surface area contributed by atoms with Crippen molar-refractivity contribution in [1.82, 2.24) is 5.32 Å². The van der Waals surface area contributed by atoms with Gasteiger partial charge in [-0.15, -0.1) is 0 Å². The fraction of sp³-hybridized carbons (Fsp3) is 0.600. The van der Waals surface area contributed by atoms with Gasteiger partial charge < -0.3 is 14.8 Å². The van der Waals surface area contributed by atoms with E-state index < -0.39 is 11.0 Å². The van der Waals surface area contributed by atoms with Crippen molar-refractivity contribution in [2.45, 2.75) is 26.5 Å². The Hall–Kier alpha value is -1.40. The van der Waals surface area contributed by atoms with E-state index in [1.165, 1.54) is 6.07 Å². The molecule has 0 aromatic carbocycles. The highest BCUT2D eigenvalue weighted by Gasteiger charge is 2.12. The van der Waals surface area contributed by atoms with E-state index in [1.807, 2.05) is 13.8 Å². The number of rotatable bonds is 6. The van der Waals surface area contributed by atoms with Crippen molar-refractivity contribution in [2.24, 2.45) is 5.92 Å². The summed E-state index contributed by atoms with van der Waals surface area (Å²) >= 11 is 0. The summed E-state index contributed by atoms with van der Waals surface area (Å²) in [5.74, 6) is 0.405. The largest absolute Gasteiger partial charge is 0.433 e. The van der Waals surface area contributed by atoms with Gasteiger partial charge in [0.25, 0.3) is 0 Å². The van der Waals surface area contributed by atoms with E-state index in [2.05, 4.69) is 5.32 Å². The molecule has 0 fully saturated rings. The number of hydrogen-bond donors (Lipinski definition) is 2. The summed E-state index contributed by atoms with van der Waals surface area (Å²) < 4.78 is 4.94. The summed E-state index contributed by atoms with van der Waals surface area (Å²) in [7, 11) is 0. The van der Waals surface area contributed by atoms with Crippen LogP contribution in [0.15, 0.2) is 16.5 Å². The molecule has 1 unspecified atom stereocenters. The van der Waals surface area contributed by atoms with Crippen LogP contribution in [0.5, 0.6) is 0 Å². The zero-order chi connectivity index (χ0) is 12.1. The lowest BCUT2D eigenvalue weighted by atomic mass is 10.1. The number of nitro groups is 1. The van der Waals surface area contributed by atoms with Crippen LogP contribution in [0.25, 0.3) is 0 Å². The Morgan fingerprint density at radius 1 is 1.56 bits per heavy atom. The molecule has 0 bridgehead atoms. The minimum Gasteiger partial charge on any atom is -0.404 e. The van der Waals surface area contributed by atoms with Crippen LogP contribution in [0.4, 0.5) is 5.88 Å². The molecule has 90 valence electrons. The van der Waals surface area contributed by atoms with Gasteiger partial charge in [-0.05, 0) is 12.0 Å². The van der Waals surface area contributed by atoms with Crippen molar-refractivity contribution in [1.29, 1.82) is 0 Å². The predicted molar refractivity (Wildman–Crippen MR) is 57.9 cm³/mol. The molecule has 0 spiro atoms. The minimum absolute atomic E-state index is 0.179. The maximum Gasteiger partial charge on any atom is 0.433 e. The van der Waals surface area contributed by atoms with Crippen LogP contribution in [0.2, 0.25) is 0 Å². The Kier molecular flexibility index (Phi) is 4.45. The third kappa shape index (κ3) is 3.63. The van der Waals surface area contributed by atoms with Crippen LogP contribution in [-0.4, -0.2) is 22.7 Å². The highest BCUT2D eigenvalue weighted by molar-refractivity contribution is 5.17. The van der Waals surface area contributed by atoms with Crippen molar-refractivity contribution in [3.05, 3.63) is 28.0 Å². The Labute approximate surface area is 93.4 Å². The highest BCUT2D eigenvalue weighted by Crippen LogP contribution is 2.15. The van der Waals surface area contributed by atoms with Gasteiger partial charge in [0.15, 0.2) is 0 Å². The molecule has 0 saturated heterocycles. The topological polar surface area (TPSA) is 88.5 Å². The average molecular weight is 228 g/mol. The van der Waals surface area contributed by atoms with Gasteiger partial charge in [-0.2, -0.15) is 0 Å². The molecule has 0 aliphatic rings. The first kappa shape index (κ1) is 12.7. The van der Waals surface area contributed by atoms with E-state index >= 15 is 0 Å². The predicted octanol–water partition coefficient (Wildman–Crippen LogP) is 1.29. The molecular weight excluding hydrogens is 212 g/mol. The van der Waals surface area contributed by atoms with E-state index in [1.54, 1.807) is 6.07 Å². The van der Waals surface area contributed by atoms with Gasteiger partial charge in [-0.25, -0.2) is 0 Å². The van der Waals surface area contributed by atoms with Crippen LogP contribution >= 0.6 is 0 Å². The summed E-state index contributed by atoms with van der Waals surface area (Å²) in [4.78, 5) is 9.76. The van der Waals surface area contributed by atoms with E-state index in [-0.39, 0.29) is 11.8 Å². The van der Waals surface area contributed by atoms with Gasteiger partial charge in [0.05, 0.1) is 18.7 Å². The van der Waals surface area contributed by atoms with Gasteiger partial charge in [-0.1, -0.05) is 13.8 Å². The Balaban J connectivity index is 2.35. The Morgan fingerprint density at radius 3 is 2.75 bits per heavy atom. The van der Waals surface area contributed by atoms with Crippen LogP contribution < -0.4 is 5.32 Å². The molecule has 0 aliphatic heterocycles. The normalized spacial score (nSPS) is 13.0. The molecule has 1 aromatic rings. The van der Waals surface area contributed by atoms with Crippen LogP contribution in [-0.2, 0) is 6.54 Å². The standard InChI is InChI=1S/C10H16N2O4/c1-7(2)9(13)6-11-5-8-3-4-10(16-8)12(14)15/h3-4,7,9,11,13H,5-6H2,1-2H3. The molecule has 1 heterocycles. The number of nitrogens with one attached hydrogen (secondary N) is 1. The fourth-order valence-electron chi connectivity index (χ4n) is 1.14. The second kappa shape index (κ2) is 5.62. The Morgan fingerprint density at radius 2 is 2.25 bits per heavy atom. The molecule has 1 atom stereocenters. The number of furan rings is 1. The van der Waals surface area contributed by atoms with Crippen molar-refractivity contribution in [2.75, 3.05) is 6.54 Å². The van der Waals surface area contributed by atoms with Crippen LogP contribution in [0.3, 0.4) is 0 Å². The van der Waals surface area contributed by atoms with E-state index in [0.29, 0.717) is 18.8 Å². The molecular formula is C10H16N2O4. The van der Waals surface area contributed by atoms with Crippen LogP contribution in [0.1, 0.15) is 19.6 Å². The molecule has 1 rings (SSSR count). The lowest BCUT2D eigenvalue weighted by Gasteiger charge is -2.14. The first-order valence-electron chi connectivity index (χ1n) is 5.12. The van der Waals surface area contributed by atoms with Crippen molar-refractivity contribution < 1.29 is 14.4 Å². The van der Waals surface area contributed by atoms with Gasteiger partial charge in [0, 0.05) is 6.54 Å². The zero-order valence-electron chi connectivity index (χ0n) is 9.34. The third-order valence-electron chi connectivity index (χ3n) is 2.25. The first-order chi connectivity index (χ1) is 7.50. The zero-order valence-corrected chi connectivity index (χ0v) is 9.34. The summed E-state index contributed by atoms with van der Waals surface area (Å²) in [5.41, 5.74) is 0. The first-order valence-corrected chi connectivity index (χ1v) is 5.12. The van der Waals surface area contributed by atoms with Gasteiger partial charge in [0.2, 0.25) is 0 Å². The minimum atomic E-state index is -0.577.